The molecule has 8 heteroatoms. The van der Waals surface area contributed by atoms with Crippen molar-refractivity contribution in [3.63, 3.8) is 0 Å². The van der Waals surface area contributed by atoms with Gasteiger partial charge in [0.1, 0.15) is 23.1 Å². The molecule has 0 radical (unpaired) electrons. The van der Waals surface area contributed by atoms with Gasteiger partial charge in [0.25, 0.3) is 5.91 Å². The molecule has 1 amide bonds. The van der Waals surface area contributed by atoms with Crippen molar-refractivity contribution in [2.75, 3.05) is 7.05 Å². The third-order valence-electron chi connectivity index (χ3n) is 5.41. The Bertz CT molecular complexity index is 1280. The minimum absolute atomic E-state index is 0.0123. The SMILES string of the molecule is CN1C(=O)C2(N=C1N)c1cc(F)ccc1Oc1ccc(-c3ccc(F)c(Cl)c3)cc12. The number of carbonyl (C=O) groups excluding carboxylic acids is 1. The molecule has 3 aromatic rings. The van der Waals surface area contributed by atoms with E-state index in [1.165, 1.54) is 42.3 Å². The molecule has 5 rings (SSSR count). The molecule has 0 saturated heterocycles. The number of amides is 1. The van der Waals surface area contributed by atoms with Crippen LogP contribution >= 0.6 is 11.6 Å². The van der Waals surface area contributed by atoms with Gasteiger partial charge in [-0.15, -0.1) is 0 Å². The van der Waals surface area contributed by atoms with Crippen molar-refractivity contribution in [2.24, 2.45) is 10.7 Å². The lowest BCUT2D eigenvalue weighted by Crippen LogP contribution is -2.42. The number of fused-ring (bicyclic) bond motifs is 4. The highest BCUT2D eigenvalue weighted by Crippen LogP contribution is 2.52. The van der Waals surface area contributed by atoms with Crippen LogP contribution in [-0.2, 0) is 10.3 Å². The first kappa shape index (κ1) is 18.6. The third-order valence-corrected chi connectivity index (χ3v) is 5.70. The molecule has 0 fully saturated rings. The van der Waals surface area contributed by atoms with Crippen LogP contribution in [0.3, 0.4) is 0 Å². The molecule has 2 N–H and O–H groups in total. The summed E-state index contributed by atoms with van der Waals surface area (Å²) >= 11 is 5.93. The lowest BCUT2D eigenvalue weighted by molar-refractivity contribution is -0.129. The zero-order chi connectivity index (χ0) is 21.2. The third kappa shape index (κ3) is 2.45. The van der Waals surface area contributed by atoms with E-state index in [0.717, 1.165) is 0 Å². The normalized spacial score (nSPS) is 19.4. The van der Waals surface area contributed by atoms with Crippen molar-refractivity contribution < 1.29 is 18.3 Å². The van der Waals surface area contributed by atoms with E-state index in [-0.39, 0.29) is 16.5 Å². The molecule has 0 aromatic heterocycles. The van der Waals surface area contributed by atoms with E-state index in [1.54, 1.807) is 24.3 Å². The van der Waals surface area contributed by atoms with Crippen LogP contribution in [0.25, 0.3) is 11.1 Å². The first-order chi connectivity index (χ1) is 14.3. The van der Waals surface area contributed by atoms with Crippen LogP contribution < -0.4 is 10.5 Å². The van der Waals surface area contributed by atoms with E-state index in [2.05, 4.69) is 4.99 Å². The predicted molar refractivity (Wildman–Crippen MR) is 108 cm³/mol. The number of guanidine groups is 1. The lowest BCUT2D eigenvalue weighted by Gasteiger charge is -2.33. The number of nitrogens with zero attached hydrogens (tertiary/aromatic N) is 2. The average Bonchev–Trinajstić information content (AvgIpc) is 2.95. The van der Waals surface area contributed by atoms with Gasteiger partial charge in [-0.25, -0.2) is 13.8 Å². The maximum atomic E-state index is 14.1. The molecule has 30 heavy (non-hydrogen) atoms. The highest BCUT2D eigenvalue weighted by atomic mass is 35.5. The molecule has 0 aliphatic carbocycles. The number of benzene rings is 3. The first-order valence-electron chi connectivity index (χ1n) is 9.02. The fourth-order valence-corrected chi connectivity index (χ4v) is 4.07. The minimum atomic E-state index is -1.58. The van der Waals surface area contributed by atoms with Gasteiger partial charge >= 0.3 is 0 Å². The van der Waals surface area contributed by atoms with Gasteiger partial charge in [0.2, 0.25) is 5.54 Å². The Morgan fingerprint density at radius 1 is 1.00 bits per heavy atom. The Morgan fingerprint density at radius 2 is 1.63 bits per heavy atom. The van der Waals surface area contributed by atoms with Crippen LogP contribution in [0.2, 0.25) is 5.02 Å². The summed E-state index contributed by atoms with van der Waals surface area (Å²) in [6, 6.07) is 13.4. The molecule has 1 unspecified atom stereocenters. The second-order valence-electron chi connectivity index (χ2n) is 7.13. The van der Waals surface area contributed by atoms with Crippen LogP contribution in [0.4, 0.5) is 8.78 Å². The number of rotatable bonds is 1. The molecule has 2 heterocycles. The monoisotopic (exact) mass is 425 g/mol. The van der Waals surface area contributed by atoms with Gasteiger partial charge in [0.05, 0.1) is 5.02 Å². The molecule has 0 bridgehead atoms. The van der Waals surface area contributed by atoms with Crippen molar-refractivity contribution in [3.05, 3.63) is 82.4 Å². The first-order valence-corrected chi connectivity index (χ1v) is 9.40. The maximum absolute atomic E-state index is 14.1. The van der Waals surface area contributed by atoms with E-state index in [0.29, 0.717) is 28.2 Å². The molecular weight excluding hydrogens is 412 g/mol. The summed E-state index contributed by atoms with van der Waals surface area (Å²) < 4.78 is 33.7. The van der Waals surface area contributed by atoms with Crippen LogP contribution in [-0.4, -0.2) is 23.8 Å². The Hall–Kier alpha value is -3.45. The standard InChI is InChI=1S/C22H14ClF2N3O2/c1-28-20(29)22(27-21(28)26)14-8-11(12-2-5-17(25)16(23)9-12)3-6-18(14)30-19-7-4-13(24)10-15(19)22/h2-10H,1H3,(H2,26,27). The number of aliphatic imine (C=N–C) groups is 1. The Kier molecular flexibility index (Phi) is 3.88. The van der Waals surface area contributed by atoms with Crippen molar-refractivity contribution >= 4 is 23.5 Å². The molecule has 2 aliphatic rings. The predicted octanol–water partition coefficient (Wildman–Crippen LogP) is 4.42. The summed E-state index contributed by atoms with van der Waals surface area (Å²) in [5.41, 5.74) is 6.37. The van der Waals surface area contributed by atoms with Crippen molar-refractivity contribution in [1.82, 2.24) is 4.90 Å². The summed E-state index contributed by atoms with van der Waals surface area (Å²) in [5.74, 6) is -0.762. The van der Waals surface area contributed by atoms with E-state index in [1.807, 2.05) is 0 Å². The fraction of sp³-hybridized carbons (Fsp3) is 0.0909. The summed E-state index contributed by atoms with van der Waals surface area (Å²) in [4.78, 5) is 19.1. The largest absolute Gasteiger partial charge is 0.457 e. The fourth-order valence-electron chi connectivity index (χ4n) is 3.89. The molecule has 2 aliphatic heterocycles. The molecule has 0 saturated carbocycles. The second kappa shape index (κ2) is 6.27. The topological polar surface area (TPSA) is 67.9 Å². The van der Waals surface area contributed by atoms with E-state index in [4.69, 9.17) is 22.1 Å². The summed E-state index contributed by atoms with van der Waals surface area (Å²) in [5, 5.41) is -0.0254. The molecule has 5 nitrogen and oxygen atoms in total. The maximum Gasteiger partial charge on any atom is 0.266 e. The van der Waals surface area contributed by atoms with Crippen molar-refractivity contribution in [1.29, 1.82) is 0 Å². The molecule has 3 aromatic carbocycles. The number of nitrogens with two attached hydrogens (primary N) is 1. The zero-order valence-corrected chi connectivity index (χ0v) is 16.4. The van der Waals surface area contributed by atoms with E-state index in [9.17, 15) is 13.6 Å². The Morgan fingerprint density at radius 3 is 2.30 bits per heavy atom. The number of ether oxygens (including phenoxy) is 1. The van der Waals surface area contributed by atoms with E-state index < -0.39 is 23.1 Å². The smallest absolute Gasteiger partial charge is 0.266 e. The number of carbonyl (C=O) groups is 1. The molecule has 150 valence electrons. The lowest BCUT2D eigenvalue weighted by atomic mass is 9.79. The highest BCUT2D eigenvalue weighted by Gasteiger charge is 2.54. The number of hydrogen-bond acceptors (Lipinski definition) is 4. The second-order valence-corrected chi connectivity index (χ2v) is 7.53. The van der Waals surface area contributed by atoms with E-state index >= 15 is 0 Å². The van der Waals surface area contributed by atoms with Crippen LogP contribution in [0.1, 0.15) is 11.1 Å². The van der Waals surface area contributed by atoms with Gasteiger partial charge in [-0.3, -0.25) is 9.69 Å². The van der Waals surface area contributed by atoms with Crippen molar-refractivity contribution in [3.8, 4) is 22.6 Å². The Balaban J connectivity index is 1.79. The zero-order valence-electron chi connectivity index (χ0n) is 15.6. The summed E-state index contributed by atoms with van der Waals surface area (Å²) in [6.07, 6.45) is 0. The van der Waals surface area contributed by atoms with Gasteiger partial charge < -0.3 is 10.5 Å². The van der Waals surface area contributed by atoms with Crippen LogP contribution in [0.15, 0.2) is 59.6 Å². The van der Waals surface area contributed by atoms with Gasteiger partial charge in [0.15, 0.2) is 5.96 Å². The quantitative estimate of drug-likeness (QED) is 0.627. The minimum Gasteiger partial charge on any atom is -0.457 e. The molecule has 1 spiro atoms. The highest BCUT2D eigenvalue weighted by molar-refractivity contribution is 6.31. The summed E-state index contributed by atoms with van der Waals surface area (Å²) in [6.45, 7) is 0. The summed E-state index contributed by atoms with van der Waals surface area (Å²) in [7, 11) is 1.51. The van der Waals surface area contributed by atoms with Gasteiger partial charge in [0, 0.05) is 18.2 Å². The Labute approximate surface area is 175 Å². The van der Waals surface area contributed by atoms with Crippen molar-refractivity contribution in [2.45, 2.75) is 5.54 Å². The van der Waals surface area contributed by atoms with Crippen LogP contribution in [0.5, 0.6) is 11.5 Å². The molecular formula is C22H14ClF2N3O2. The number of likely N-dealkylation sites (N-methyl/N-ethyl adjacent to an activating group) is 1. The van der Waals surface area contributed by atoms with Gasteiger partial charge in [-0.2, -0.15) is 0 Å². The average molecular weight is 426 g/mol. The number of hydrogen-bond donors (Lipinski definition) is 1. The number of halogens is 3. The molecule has 1 atom stereocenters. The van der Waals surface area contributed by atoms with Gasteiger partial charge in [-0.05, 0) is 53.6 Å². The van der Waals surface area contributed by atoms with Gasteiger partial charge in [-0.1, -0.05) is 23.7 Å². The van der Waals surface area contributed by atoms with Crippen LogP contribution in [0, 0.1) is 11.6 Å².